The molecule has 11 nitrogen and oxygen atoms in total. The van der Waals surface area contributed by atoms with E-state index in [1.54, 1.807) is 49.8 Å². The fourth-order valence-corrected chi connectivity index (χ4v) is 5.73. The van der Waals surface area contributed by atoms with Gasteiger partial charge in [-0.2, -0.15) is 0 Å². The second-order valence-corrected chi connectivity index (χ2v) is 12.1. The highest BCUT2D eigenvalue weighted by atomic mass is 19.1. The number of rotatable bonds is 8. The maximum Gasteiger partial charge on any atom is 0.417 e. The van der Waals surface area contributed by atoms with E-state index in [1.165, 1.54) is 12.1 Å². The molecule has 5 heterocycles. The third kappa shape index (κ3) is 6.37. The number of hydrogen-bond acceptors (Lipinski definition) is 9. The van der Waals surface area contributed by atoms with Crippen LogP contribution in [0.3, 0.4) is 0 Å². The van der Waals surface area contributed by atoms with Gasteiger partial charge >= 0.3 is 6.09 Å². The molecule has 0 radical (unpaired) electrons. The van der Waals surface area contributed by atoms with Crippen molar-refractivity contribution in [3.63, 3.8) is 0 Å². The molecule has 0 spiro atoms. The van der Waals surface area contributed by atoms with Gasteiger partial charge in [-0.05, 0) is 63.4 Å². The summed E-state index contributed by atoms with van der Waals surface area (Å²) in [7, 11) is 0. The number of anilines is 3. The number of fused-ring (bicyclic) bond motifs is 2. The summed E-state index contributed by atoms with van der Waals surface area (Å²) in [6.45, 7) is 7.34. The standard InChI is InChI=1S/C33H35FN6O5/c1-33(2,3)45-32(43)40-20-25-24(27-19-36-29-17-21(34)9-14-39(27)29)6-7-26(30(25)31(40)42)37-28-8-5-22(18-35-28)38-12-10-23(11-13-38)44-16-4-15-41/h5-9,14-15,17-19,23H,4,10-13,16,20H2,1-3H3,(H,35,37). The van der Waals surface area contributed by atoms with Gasteiger partial charge in [-0.1, -0.05) is 6.07 Å². The summed E-state index contributed by atoms with van der Waals surface area (Å²) in [4.78, 5) is 49.7. The van der Waals surface area contributed by atoms with Crippen LogP contribution in [0.25, 0.3) is 16.9 Å². The Hall–Kier alpha value is -4.84. The Morgan fingerprint density at radius 1 is 1.11 bits per heavy atom. The Kier molecular flexibility index (Phi) is 8.24. The Labute approximate surface area is 260 Å². The molecule has 0 aliphatic carbocycles. The lowest BCUT2D eigenvalue weighted by Crippen LogP contribution is -2.37. The number of amides is 2. The molecule has 0 unspecified atom stereocenters. The third-order valence-corrected chi connectivity index (χ3v) is 7.86. The molecular weight excluding hydrogens is 579 g/mol. The number of aromatic nitrogens is 3. The zero-order valence-corrected chi connectivity index (χ0v) is 25.5. The molecule has 1 N–H and O–H groups in total. The van der Waals surface area contributed by atoms with E-state index in [0.29, 0.717) is 52.6 Å². The van der Waals surface area contributed by atoms with Crippen molar-refractivity contribution >= 4 is 41.1 Å². The highest BCUT2D eigenvalue weighted by Crippen LogP contribution is 2.39. The zero-order chi connectivity index (χ0) is 31.7. The number of imide groups is 1. The van der Waals surface area contributed by atoms with Gasteiger partial charge in [0, 0.05) is 37.3 Å². The molecule has 234 valence electrons. The summed E-state index contributed by atoms with van der Waals surface area (Å²) < 4.78 is 26.9. The van der Waals surface area contributed by atoms with Crippen LogP contribution in [-0.2, 0) is 20.8 Å². The number of nitrogens with one attached hydrogen (secondary N) is 1. The summed E-state index contributed by atoms with van der Waals surface area (Å²) in [5.74, 6) is -0.355. The van der Waals surface area contributed by atoms with Crippen LogP contribution in [0.2, 0.25) is 0 Å². The number of nitrogens with zero attached hydrogens (tertiary/aromatic N) is 5. The number of ether oxygens (including phenoxy) is 2. The molecule has 0 bridgehead atoms. The zero-order valence-electron chi connectivity index (χ0n) is 25.5. The Balaban J connectivity index is 1.26. The molecule has 0 saturated carbocycles. The van der Waals surface area contributed by atoms with Crippen LogP contribution in [-0.4, -0.2) is 69.0 Å². The number of halogens is 1. The third-order valence-electron chi connectivity index (χ3n) is 7.86. The summed E-state index contributed by atoms with van der Waals surface area (Å²) in [5, 5.41) is 3.28. The maximum atomic E-state index is 13.9. The van der Waals surface area contributed by atoms with Gasteiger partial charge in [-0.3, -0.25) is 9.20 Å². The molecule has 2 aliphatic rings. The second kappa shape index (κ2) is 12.3. The quantitative estimate of drug-likeness (QED) is 0.196. The summed E-state index contributed by atoms with van der Waals surface area (Å²) in [5.41, 5.74) is 3.42. The number of aldehydes is 1. The van der Waals surface area contributed by atoms with Crippen molar-refractivity contribution in [2.45, 2.75) is 58.3 Å². The molecule has 2 aliphatic heterocycles. The second-order valence-electron chi connectivity index (χ2n) is 12.1. The molecule has 6 rings (SSSR count). The van der Waals surface area contributed by atoms with E-state index in [9.17, 15) is 18.8 Å². The van der Waals surface area contributed by atoms with Crippen LogP contribution in [0.5, 0.6) is 0 Å². The normalized spacial score (nSPS) is 15.4. The van der Waals surface area contributed by atoms with Crippen LogP contribution in [0.15, 0.2) is 55.0 Å². The number of carbonyl (C=O) groups is 3. The van der Waals surface area contributed by atoms with Crippen molar-refractivity contribution in [3.05, 3.63) is 71.9 Å². The molecule has 45 heavy (non-hydrogen) atoms. The van der Waals surface area contributed by atoms with Crippen molar-refractivity contribution in [1.29, 1.82) is 0 Å². The van der Waals surface area contributed by atoms with E-state index in [2.05, 4.69) is 20.2 Å². The van der Waals surface area contributed by atoms with Crippen LogP contribution in [0, 0.1) is 5.82 Å². The van der Waals surface area contributed by atoms with Gasteiger partial charge in [0.1, 0.15) is 29.2 Å². The Bertz CT molecular complexity index is 1740. The molecule has 1 aromatic carbocycles. The molecule has 1 saturated heterocycles. The number of piperidine rings is 1. The average Bonchev–Trinajstić information content (AvgIpc) is 3.58. The van der Waals surface area contributed by atoms with Gasteiger partial charge in [0.25, 0.3) is 5.91 Å². The van der Waals surface area contributed by atoms with Gasteiger partial charge in [0.2, 0.25) is 0 Å². The SMILES string of the molecule is CC(C)(C)OC(=O)N1Cc2c(-c3cnc4cc(F)ccn34)ccc(Nc3ccc(N4CCC(OCCC=O)CC4)cn3)c2C1=O. The van der Waals surface area contributed by atoms with Crippen molar-refractivity contribution in [2.75, 3.05) is 29.9 Å². The highest BCUT2D eigenvalue weighted by molar-refractivity contribution is 6.11. The van der Waals surface area contributed by atoms with Crippen LogP contribution in [0.4, 0.5) is 26.4 Å². The largest absolute Gasteiger partial charge is 0.443 e. The van der Waals surface area contributed by atoms with E-state index in [-0.39, 0.29) is 12.6 Å². The molecule has 0 atom stereocenters. The van der Waals surface area contributed by atoms with Crippen LogP contribution < -0.4 is 10.2 Å². The molecule has 4 aromatic rings. The smallest absolute Gasteiger partial charge is 0.417 e. The van der Waals surface area contributed by atoms with Crippen molar-refractivity contribution in [1.82, 2.24) is 19.3 Å². The number of benzene rings is 1. The maximum absolute atomic E-state index is 13.9. The minimum Gasteiger partial charge on any atom is -0.443 e. The molecule has 2 amide bonds. The highest BCUT2D eigenvalue weighted by Gasteiger charge is 2.39. The lowest BCUT2D eigenvalue weighted by Gasteiger charge is -2.33. The summed E-state index contributed by atoms with van der Waals surface area (Å²) >= 11 is 0. The van der Waals surface area contributed by atoms with E-state index in [1.807, 2.05) is 18.2 Å². The molecule has 12 heteroatoms. The van der Waals surface area contributed by atoms with Gasteiger partial charge in [0.05, 0.1) is 54.3 Å². The summed E-state index contributed by atoms with van der Waals surface area (Å²) in [6.07, 6.45) is 7.44. The minimum absolute atomic E-state index is 0.00351. The topological polar surface area (TPSA) is 118 Å². The number of hydrogen-bond donors (Lipinski definition) is 1. The monoisotopic (exact) mass is 614 g/mol. The Morgan fingerprint density at radius 3 is 2.62 bits per heavy atom. The van der Waals surface area contributed by atoms with E-state index >= 15 is 0 Å². The first-order valence-corrected chi connectivity index (χ1v) is 15.0. The van der Waals surface area contributed by atoms with E-state index < -0.39 is 23.4 Å². The average molecular weight is 615 g/mol. The van der Waals surface area contributed by atoms with Crippen LogP contribution in [0.1, 0.15) is 56.0 Å². The molecular formula is C33H35FN6O5. The van der Waals surface area contributed by atoms with Crippen molar-refractivity contribution in [3.8, 4) is 11.3 Å². The minimum atomic E-state index is -0.786. The molecule has 3 aromatic heterocycles. The Morgan fingerprint density at radius 2 is 1.91 bits per heavy atom. The van der Waals surface area contributed by atoms with Gasteiger partial charge in [-0.15, -0.1) is 0 Å². The number of imidazole rings is 1. The van der Waals surface area contributed by atoms with E-state index in [0.717, 1.165) is 42.8 Å². The number of pyridine rings is 2. The number of carbonyl (C=O) groups excluding carboxylic acids is 3. The first-order chi connectivity index (χ1) is 21.6. The fourth-order valence-electron chi connectivity index (χ4n) is 5.73. The van der Waals surface area contributed by atoms with E-state index in [4.69, 9.17) is 9.47 Å². The lowest BCUT2D eigenvalue weighted by atomic mass is 9.99. The first kappa shape index (κ1) is 30.2. The van der Waals surface area contributed by atoms with Crippen molar-refractivity contribution < 1.29 is 28.2 Å². The van der Waals surface area contributed by atoms with Gasteiger partial charge < -0.3 is 24.5 Å². The van der Waals surface area contributed by atoms with Gasteiger partial charge in [-0.25, -0.2) is 24.1 Å². The fraction of sp³-hybridized carbons (Fsp3) is 0.364. The van der Waals surface area contributed by atoms with Crippen LogP contribution >= 0.6 is 0 Å². The van der Waals surface area contributed by atoms with Gasteiger partial charge in [0.15, 0.2) is 0 Å². The summed E-state index contributed by atoms with van der Waals surface area (Å²) in [6, 6.07) is 10.1. The lowest BCUT2D eigenvalue weighted by molar-refractivity contribution is -0.109. The first-order valence-electron chi connectivity index (χ1n) is 15.0. The van der Waals surface area contributed by atoms with Crippen molar-refractivity contribution in [2.24, 2.45) is 0 Å². The predicted octanol–water partition coefficient (Wildman–Crippen LogP) is 5.74. The predicted molar refractivity (Wildman–Crippen MR) is 166 cm³/mol. The molecule has 1 fully saturated rings.